The first-order valence-electron chi connectivity index (χ1n) is 11.7. The maximum atomic E-state index is 12.4. The summed E-state index contributed by atoms with van der Waals surface area (Å²) in [5, 5.41) is 8.58. The quantitative estimate of drug-likeness (QED) is 0.340. The number of hydrogen-bond acceptors (Lipinski definition) is 4. The van der Waals surface area contributed by atoms with Crippen LogP contribution in [0, 0.1) is 12.8 Å². The fourth-order valence-electron chi connectivity index (χ4n) is 3.29. The molecule has 0 aliphatic heterocycles. The SMILES string of the molecule is COCCNC(=O)[C@H](CCCCNC(=O)CCCc1ccc(C)cc1)NC(=O)CC(C)C. The Bertz CT molecular complexity index is 689. The first kappa shape index (κ1) is 27.6. The number of carbonyl (C=O) groups is 3. The topological polar surface area (TPSA) is 96.5 Å². The summed E-state index contributed by atoms with van der Waals surface area (Å²) < 4.78 is 4.96. The molecule has 180 valence electrons. The molecule has 0 unspecified atom stereocenters. The van der Waals surface area contributed by atoms with Crippen molar-refractivity contribution in [2.45, 2.75) is 71.8 Å². The van der Waals surface area contributed by atoms with Crippen LogP contribution in [0.5, 0.6) is 0 Å². The zero-order valence-electron chi connectivity index (χ0n) is 20.2. The lowest BCUT2D eigenvalue weighted by molar-refractivity contribution is -0.129. The van der Waals surface area contributed by atoms with E-state index in [9.17, 15) is 14.4 Å². The third kappa shape index (κ3) is 13.1. The van der Waals surface area contributed by atoms with Crippen LogP contribution in [0.25, 0.3) is 0 Å². The standard InChI is InChI=1S/C25H41N3O4/c1-19(2)18-24(30)28-22(25(31)27-16-17-32-4)9-5-6-15-26-23(29)10-7-8-21-13-11-20(3)12-14-21/h11-14,19,22H,5-10,15-18H2,1-4H3,(H,26,29)(H,27,31)(H,28,30)/t22-/m0/s1. The Morgan fingerprint density at radius 1 is 0.938 bits per heavy atom. The normalized spacial score (nSPS) is 11.8. The highest BCUT2D eigenvalue weighted by Gasteiger charge is 2.20. The molecule has 0 aliphatic carbocycles. The summed E-state index contributed by atoms with van der Waals surface area (Å²) in [5.74, 6) is -0.0299. The number of ether oxygens (including phenoxy) is 1. The Balaban J connectivity index is 2.28. The lowest BCUT2D eigenvalue weighted by Crippen LogP contribution is -2.47. The molecule has 0 heterocycles. The minimum Gasteiger partial charge on any atom is -0.383 e. The lowest BCUT2D eigenvalue weighted by atomic mass is 10.1. The van der Waals surface area contributed by atoms with Gasteiger partial charge in [-0.3, -0.25) is 14.4 Å². The van der Waals surface area contributed by atoms with Gasteiger partial charge in [-0.25, -0.2) is 0 Å². The predicted molar refractivity (Wildman–Crippen MR) is 127 cm³/mol. The van der Waals surface area contributed by atoms with E-state index in [1.165, 1.54) is 11.1 Å². The van der Waals surface area contributed by atoms with Gasteiger partial charge < -0.3 is 20.7 Å². The molecule has 3 N–H and O–H groups in total. The predicted octanol–water partition coefficient (Wildman–Crippen LogP) is 2.90. The maximum Gasteiger partial charge on any atom is 0.242 e. The summed E-state index contributed by atoms with van der Waals surface area (Å²) >= 11 is 0. The minimum absolute atomic E-state index is 0.0520. The summed E-state index contributed by atoms with van der Waals surface area (Å²) in [6.07, 6.45) is 4.62. The van der Waals surface area contributed by atoms with Crippen LogP contribution in [0.4, 0.5) is 0 Å². The Morgan fingerprint density at radius 3 is 2.31 bits per heavy atom. The number of nitrogens with one attached hydrogen (secondary N) is 3. The third-order valence-corrected chi connectivity index (χ3v) is 5.08. The summed E-state index contributed by atoms with van der Waals surface area (Å²) in [7, 11) is 1.57. The van der Waals surface area contributed by atoms with Crippen LogP contribution in [0.3, 0.4) is 0 Å². The average Bonchev–Trinajstić information content (AvgIpc) is 2.73. The maximum absolute atomic E-state index is 12.4. The van der Waals surface area contributed by atoms with Crippen molar-refractivity contribution in [2.24, 2.45) is 5.92 Å². The van der Waals surface area contributed by atoms with Gasteiger partial charge in [0.15, 0.2) is 0 Å². The molecule has 0 spiro atoms. The van der Waals surface area contributed by atoms with E-state index in [2.05, 4.69) is 47.1 Å². The zero-order valence-corrected chi connectivity index (χ0v) is 20.2. The second kappa shape index (κ2) is 16.3. The molecule has 7 heteroatoms. The smallest absolute Gasteiger partial charge is 0.242 e. The number of amides is 3. The van der Waals surface area contributed by atoms with E-state index in [4.69, 9.17) is 4.74 Å². The Labute approximate surface area is 193 Å². The minimum atomic E-state index is -0.566. The second-order valence-electron chi connectivity index (χ2n) is 8.69. The van der Waals surface area contributed by atoms with E-state index in [1.807, 2.05) is 13.8 Å². The van der Waals surface area contributed by atoms with E-state index in [-0.39, 0.29) is 23.6 Å². The van der Waals surface area contributed by atoms with Crippen molar-refractivity contribution in [3.8, 4) is 0 Å². The van der Waals surface area contributed by atoms with Crippen molar-refractivity contribution in [1.82, 2.24) is 16.0 Å². The molecule has 1 atom stereocenters. The average molecular weight is 448 g/mol. The molecular formula is C25H41N3O4. The first-order chi connectivity index (χ1) is 15.3. The zero-order chi connectivity index (χ0) is 23.8. The molecule has 3 amide bonds. The van der Waals surface area contributed by atoms with E-state index in [0.717, 1.165) is 25.7 Å². The van der Waals surface area contributed by atoms with Crippen LogP contribution in [0.15, 0.2) is 24.3 Å². The van der Waals surface area contributed by atoms with Crippen molar-refractivity contribution in [3.05, 3.63) is 35.4 Å². The van der Waals surface area contributed by atoms with Gasteiger partial charge in [-0.2, -0.15) is 0 Å². The first-order valence-corrected chi connectivity index (χ1v) is 11.7. The Hall–Kier alpha value is -2.41. The van der Waals surface area contributed by atoms with Crippen LogP contribution in [0.2, 0.25) is 0 Å². The molecule has 0 aromatic heterocycles. The number of hydrogen-bond donors (Lipinski definition) is 3. The molecule has 1 rings (SSSR count). The van der Waals surface area contributed by atoms with Crippen molar-refractivity contribution >= 4 is 17.7 Å². The van der Waals surface area contributed by atoms with Gasteiger partial charge in [-0.15, -0.1) is 0 Å². The molecule has 7 nitrogen and oxygen atoms in total. The van der Waals surface area contributed by atoms with Gasteiger partial charge >= 0.3 is 0 Å². The molecule has 0 bridgehead atoms. The highest BCUT2D eigenvalue weighted by Crippen LogP contribution is 2.08. The van der Waals surface area contributed by atoms with Gasteiger partial charge in [0.2, 0.25) is 17.7 Å². The van der Waals surface area contributed by atoms with Gasteiger partial charge in [0.05, 0.1) is 6.61 Å². The monoisotopic (exact) mass is 447 g/mol. The molecule has 32 heavy (non-hydrogen) atoms. The number of carbonyl (C=O) groups excluding carboxylic acids is 3. The van der Waals surface area contributed by atoms with Crippen LogP contribution >= 0.6 is 0 Å². The highest BCUT2D eigenvalue weighted by molar-refractivity contribution is 5.87. The molecule has 0 radical (unpaired) electrons. The number of rotatable bonds is 16. The largest absolute Gasteiger partial charge is 0.383 e. The van der Waals surface area contributed by atoms with E-state index < -0.39 is 6.04 Å². The van der Waals surface area contributed by atoms with Crippen molar-refractivity contribution in [1.29, 1.82) is 0 Å². The van der Waals surface area contributed by atoms with E-state index in [0.29, 0.717) is 39.0 Å². The molecular weight excluding hydrogens is 406 g/mol. The fourth-order valence-corrected chi connectivity index (χ4v) is 3.29. The van der Waals surface area contributed by atoms with E-state index in [1.54, 1.807) is 7.11 Å². The molecule has 1 aromatic rings. The Morgan fingerprint density at radius 2 is 1.66 bits per heavy atom. The second-order valence-corrected chi connectivity index (χ2v) is 8.69. The summed E-state index contributed by atoms with van der Waals surface area (Å²) in [6, 6.07) is 7.82. The van der Waals surface area contributed by atoms with Gasteiger partial charge in [0.25, 0.3) is 0 Å². The van der Waals surface area contributed by atoms with Crippen LogP contribution in [-0.4, -0.2) is 50.6 Å². The lowest BCUT2D eigenvalue weighted by Gasteiger charge is -2.19. The summed E-state index contributed by atoms with van der Waals surface area (Å²) in [4.78, 5) is 36.6. The van der Waals surface area contributed by atoms with Crippen LogP contribution in [-0.2, 0) is 25.5 Å². The summed E-state index contributed by atoms with van der Waals surface area (Å²) in [6.45, 7) is 7.40. The molecule has 0 aliphatic rings. The fraction of sp³-hybridized carbons (Fsp3) is 0.640. The summed E-state index contributed by atoms with van der Waals surface area (Å²) in [5.41, 5.74) is 2.48. The highest BCUT2D eigenvalue weighted by atomic mass is 16.5. The number of unbranched alkanes of at least 4 members (excludes halogenated alkanes) is 1. The van der Waals surface area contributed by atoms with Crippen molar-refractivity contribution in [2.75, 3.05) is 26.8 Å². The number of aryl methyl sites for hydroxylation is 2. The van der Waals surface area contributed by atoms with Gasteiger partial charge in [0, 0.05) is 33.0 Å². The van der Waals surface area contributed by atoms with Gasteiger partial charge in [0.1, 0.15) is 6.04 Å². The number of benzene rings is 1. The molecule has 0 saturated heterocycles. The molecule has 0 saturated carbocycles. The molecule has 0 fully saturated rings. The Kier molecular flexibility index (Phi) is 14.0. The number of methoxy groups -OCH3 is 1. The molecule has 1 aromatic carbocycles. The van der Waals surface area contributed by atoms with Crippen LogP contribution < -0.4 is 16.0 Å². The third-order valence-electron chi connectivity index (χ3n) is 5.08. The van der Waals surface area contributed by atoms with Gasteiger partial charge in [-0.05, 0) is 50.5 Å². The van der Waals surface area contributed by atoms with Crippen LogP contribution in [0.1, 0.15) is 63.5 Å². The van der Waals surface area contributed by atoms with Crippen molar-refractivity contribution in [3.63, 3.8) is 0 Å². The van der Waals surface area contributed by atoms with Crippen molar-refractivity contribution < 1.29 is 19.1 Å². The van der Waals surface area contributed by atoms with Gasteiger partial charge in [-0.1, -0.05) is 43.7 Å². The van der Waals surface area contributed by atoms with E-state index >= 15 is 0 Å².